The fourth-order valence-electron chi connectivity index (χ4n) is 3.20. The Morgan fingerprint density at radius 3 is 2.33 bits per heavy atom. The molecule has 0 radical (unpaired) electrons. The Morgan fingerprint density at radius 1 is 1.04 bits per heavy atom. The molecule has 1 aromatic heterocycles. The molecule has 5 heteroatoms. The predicted molar refractivity (Wildman–Crippen MR) is 104 cm³/mol. The van der Waals surface area contributed by atoms with Gasteiger partial charge in [0.05, 0.1) is 5.92 Å². The van der Waals surface area contributed by atoms with Crippen molar-refractivity contribution in [2.75, 3.05) is 13.1 Å². The van der Waals surface area contributed by atoms with Crippen molar-refractivity contribution in [2.24, 2.45) is 0 Å². The summed E-state index contributed by atoms with van der Waals surface area (Å²) in [6.45, 7) is 7.71. The number of aromatic nitrogens is 2. The minimum absolute atomic E-state index is 0.0505. The fourth-order valence-corrected chi connectivity index (χ4v) is 3.20. The lowest BCUT2D eigenvalue weighted by Gasteiger charge is -2.37. The average Bonchev–Trinajstić information content (AvgIpc) is 3.10. The summed E-state index contributed by atoms with van der Waals surface area (Å²) in [4.78, 5) is 19.0. The van der Waals surface area contributed by atoms with E-state index < -0.39 is 0 Å². The molecular formula is C22H23N3O2. The van der Waals surface area contributed by atoms with Gasteiger partial charge in [0.1, 0.15) is 0 Å². The van der Waals surface area contributed by atoms with Gasteiger partial charge in [-0.05, 0) is 23.1 Å². The first-order valence-corrected chi connectivity index (χ1v) is 9.20. The highest BCUT2D eigenvalue weighted by Gasteiger charge is 2.36. The number of nitrogens with zero attached hydrogens (tertiary/aromatic N) is 3. The minimum atomic E-state index is 0.0505. The molecule has 2 aromatic carbocycles. The van der Waals surface area contributed by atoms with Crippen LogP contribution in [0.25, 0.3) is 11.4 Å². The molecule has 1 aliphatic rings. The van der Waals surface area contributed by atoms with Crippen LogP contribution in [-0.4, -0.2) is 34.0 Å². The Morgan fingerprint density at radius 2 is 1.70 bits per heavy atom. The van der Waals surface area contributed by atoms with Gasteiger partial charge >= 0.3 is 0 Å². The smallest absolute Gasteiger partial charge is 0.253 e. The predicted octanol–water partition coefficient (Wildman–Crippen LogP) is 4.27. The Kier molecular flexibility index (Phi) is 4.30. The lowest BCUT2D eigenvalue weighted by Crippen LogP contribution is -2.48. The van der Waals surface area contributed by atoms with Crippen LogP contribution in [0.4, 0.5) is 0 Å². The van der Waals surface area contributed by atoms with Gasteiger partial charge in [-0.3, -0.25) is 4.79 Å². The number of rotatable bonds is 3. The SMILES string of the molecule is CC(C)(C)c1ccc(C(=O)N2CC(c3nc(-c4ccccc4)no3)C2)cc1. The van der Waals surface area contributed by atoms with Crippen LogP contribution >= 0.6 is 0 Å². The zero-order chi connectivity index (χ0) is 19.0. The highest BCUT2D eigenvalue weighted by atomic mass is 16.5. The first-order chi connectivity index (χ1) is 12.9. The molecule has 0 spiro atoms. The van der Waals surface area contributed by atoms with E-state index in [4.69, 9.17) is 4.52 Å². The van der Waals surface area contributed by atoms with E-state index in [9.17, 15) is 4.79 Å². The third kappa shape index (κ3) is 3.50. The largest absolute Gasteiger partial charge is 0.339 e. The van der Waals surface area contributed by atoms with Crippen molar-refractivity contribution in [1.29, 1.82) is 0 Å². The maximum atomic E-state index is 12.7. The van der Waals surface area contributed by atoms with Crippen molar-refractivity contribution in [2.45, 2.75) is 32.1 Å². The van der Waals surface area contributed by atoms with E-state index >= 15 is 0 Å². The molecule has 0 bridgehead atoms. The molecule has 0 aliphatic carbocycles. The third-order valence-electron chi connectivity index (χ3n) is 4.99. The van der Waals surface area contributed by atoms with Gasteiger partial charge in [-0.15, -0.1) is 0 Å². The van der Waals surface area contributed by atoms with E-state index in [1.807, 2.05) is 59.5 Å². The summed E-state index contributed by atoms with van der Waals surface area (Å²) in [7, 11) is 0. The summed E-state index contributed by atoms with van der Waals surface area (Å²) < 4.78 is 5.41. The van der Waals surface area contributed by atoms with Gasteiger partial charge in [0.2, 0.25) is 11.7 Å². The van der Waals surface area contributed by atoms with Crippen LogP contribution in [-0.2, 0) is 5.41 Å². The number of likely N-dealkylation sites (tertiary alicyclic amines) is 1. The van der Waals surface area contributed by atoms with Crippen LogP contribution < -0.4 is 0 Å². The number of carbonyl (C=O) groups excluding carboxylic acids is 1. The van der Waals surface area contributed by atoms with E-state index in [-0.39, 0.29) is 17.2 Å². The van der Waals surface area contributed by atoms with E-state index in [1.54, 1.807) is 0 Å². The van der Waals surface area contributed by atoms with E-state index in [2.05, 4.69) is 30.9 Å². The van der Waals surface area contributed by atoms with Gasteiger partial charge in [-0.25, -0.2) is 0 Å². The van der Waals surface area contributed by atoms with Crippen molar-refractivity contribution in [1.82, 2.24) is 15.0 Å². The normalized spacial score (nSPS) is 14.9. The zero-order valence-corrected chi connectivity index (χ0v) is 15.8. The van der Waals surface area contributed by atoms with Crippen molar-refractivity contribution < 1.29 is 9.32 Å². The summed E-state index contributed by atoms with van der Waals surface area (Å²) in [6.07, 6.45) is 0. The van der Waals surface area contributed by atoms with E-state index in [0.717, 1.165) is 11.1 Å². The van der Waals surface area contributed by atoms with Gasteiger partial charge in [0.15, 0.2) is 0 Å². The molecule has 27 heavy (non-hydrogen) atoms. The Labute approximate surface area is 159 Å². The molecule has 3 aromatic rings. The van der Waals surface area contributed by atoms with Gasteiger partial charge in [-0.2, -0.15) is 4.98 Å². The minimum Gasteiger partial charge on any atom is -0.339 e. The van der Waals surface area contributed by atoms with Crippen molar-refractivity contribution in [3.05, 3.63) is 71.6 Å². The maximum Gasteiger partial charge on any atom is 0.253 e. The molecule has 1 amide bonds. The molecule has 1 fully saturated rings. The molecule has 0 atom stereocenters. The molecule has 4 rings (SSSR count). The van der Waals surface area contributed by atoms with Gasteiger partial charge in [-0.1, -0.05) is 68.4 Å². The fraction of sp³-hybridized carbons (Fsp3) is 0.318. The Hall–Kier alpha value is -2.95. The van der Waals surface area contributed by atoms with Crippen molar-refractivity contribution in [3.8, 4) is 11.4 Å². The van der Waals surface area contributed by atoms with Gasteiger partial charge in [0, 0.05) is 24.2 Å². The second-order valence-corrected chi connectivity index (χ2v) is 8.06. The molecule has 1 aliphatic heterocycles. The lowest BCUT2D eigenvalue weighted by atomic mass is 9.86. The standard InChI is InChI=1S/C22H23N3O2/c1-22(2,3)18-11-9-16(10-12-18)21(26)25-13-17(14-25)20-23-19(24-27-20)15-7-5-4-6-8-15/h4-12,17H,13-14H2,1-3H3. The van der Waals surface area contributed by atoms with Crippen LogP contribution in [0.1, 0.15) is 48.5 Å². The monoisotopic (exact) mass is 361 g/mol. The molecule has 5 nitrogen and oxygen atoms in total. The van der Waals surface area contributed by atoms with Crippen LogP contribution in [0, 0.1) is 0 Å². The molecular weight excluding hydrogens is 338 g/mol. The third-order valence-corrected chi connectivity index (χ3v) is 4.99. The molecule has 0 unspecified atom stereocenters. The van der Waals surface area contributed by atoms with E-state index in [0.29, 0.717) is 24.8 Å². The van der Waals surface area contributed by atoms with Crippen molar-refractivity contribution in [3.63, 3.8) is 0 Å². The average molecular weight is 361 g/mol. The highest BCUT2D eigenvalue weighted by Crippen LogP contribution is 2.29. The first-order valence-electron chi connectivity index (χ1n) is 9.20. The van der Waals surface area contributed by atoms with Crippen LogP contribution in [0.2, 0.25) is 0 Å². The summed E-state index contributed by atoms with van der Waals surface area (Å²) >= 11 is 0. The summed E-state index contributed by atoms with van der Waals surface area (Å²) in [5, 5.41) is 4.06. The number of hydrogen-bond donors (Lipinski definition) is 0. The van der Waals surface area contributed by atoms with Crippen molar-refractivity contribution >= 4 is 5.91 Å². The maximum absolute atomic E-state index is 12.7. The summed E-state index contributed by atoms with van der Waals surface area (Å²) in [5.41, 5.74) is 2.95. The lowest BCUT2D eigenvalue weighted by molar-refractivity contribution is 0.0569. The molecule has 138 valence electrons. The van der Waals surface area contributed by atoms with Crippen LogP contribution in [0.3, 0.4) is 0 Å². The molecule has 1 saturated heterocycles. The van der Waals surface area contributed by atoms with E-state index in [1.165, 1.54) is 5.56 Å². The topological polar surface area (TPSA) is 59.2 Å². The number of carbonyl (C=O) groups is 1. The first kappa shape index (κ1) is 17.5. The number of benzene rings is 2. The molecule has 2 heterocycles. The van der Waals surface area contributed by atoms with Gasteiger partial charge < -0.3 is 9.42 Å². The van der Waals surface area contributed by atoms with Crippen LogP contribution in [0.5, 0.6) is 0 Å². The quantitative estimate of drug-likeness (QED) is 0.699. The molecule has 0 N–H and O–H groups in total. The molecule has 0 saturated carbocycles. The summed E-state index contributed by atoms with van der Waals surface area (Å²) in [5.74, 6) is 1.34. The number of hydrogen-bond acceptors (Lipinski definition) is 4. The Balaban J connectivity index is 1.39. The zero-order valence-electron chi connectivity index (χ0n) is 15.8. The van der Waals surface area contributed by atoms with Crippen LogP contribution in [0.15, 0.2) is 59.1 Å². The highest BCUT2D eigenvalue weighted by molar-refractivity contribution is 5.94. The number of amides is 1. The van der Waals surface area contributed by atoms with Gasteiger partial charge in [0.25, 0.3) is 5.91 Å². The Bertz CT molecular complexity index is 934. The second kappa shape index (κ2) is 6.65. The summed E-state index contributed by atoms with van der Waals surface area (Å²) in [6, 6.07) is 17.6. The second-order valence-electron chi connectivity index (χ2n) is 8.06.